The van der Waals surface area contributed by atoms with Gasteiger partial charge in [-0.25, -0.2) is 0 Å². The summed E-state index contributed by atoms with van der Waals surface area (Å²) in [6.45, 7) is 6.44. The maximum atomic E-state index is 12.1. The number of carbonyl (C=O) groups excluding carboxylic acids is 1. The van der Waals surface area contributed by atoms with Gasteiger partial charge in [-0.2, -0.15) is 0 Å². The summed E-state index contributed by atoms with van der Waals surface area (Å²) in [4.78, 5) is 12.1. The second-order valence-electron chi connectivity index (χ2n) is 4.69. The predicted octanol–water partition coefficient (Wildman–Crippen LogP) is 2.71. The van der Waals surface area contributed by atoms with Crippen molar-refractivity contribution in [1.29, 1.82) is 0 Å². The number of hydrogen-bond donors (Lipinski definition) is 0. The van der Waals surface area contributed by atoms with Gasteiger partial charge < -0.3 is 9.30 Å². The van der Waals surface area contributed by atoms with Crippen molar-refractivity contribution < 1.29 is 14.1 Å². The third-order valence-corrected chi connectivity index (χ3v) is 4.56. The highest BCUT2D eigenvalue weighted by Gasteiger charge is 2.29. The lowest BCUT2D eigenvalue weighted by Crippen LogP contribution is -2.04. The maximum absolute atomic E-state index is 12.1. The molecule has 17 heavy (non-hydrogen) atoms. The van der Waals surface area contributed by atoms with Crippen molar-refractivity contribution in [2.75, 3.05) is 12.8 Å². The van der Waals surface area contributed by atoms with E-state index in [1.165, 1.54) is 0 Å². The Hall–Kier alpha value is -0.920. The standard InChI is InChI=1S/C13H17O3P/c1-8-4-9(2)12(10(3)5-8)13(14)17(15)7-11-6-16-11/h4-5,11,17H,6-7H2,1-3H3. The minimum absolute atomic E-state index is 0.0522. The summed E-state index contributed by atoms with van der Waals surface area (Å²) in [7, 11) is -2.23. The van der Waals surface area contributed by atoms with Crippen LogP contribution in [0.1, 0.15) is 27.0 Å². The Morgan fingerprint density at radius 2 is 1.88 bits per heavy atom. The minimum Gasteiger partial charge on any atom is -0.373 e. The van der Waals surface area contributed by atoms with E-state index < -0.39 is 7.80 Å². The lowest BCUT2D eigenvalue weighted by Gasteiger charge is -2.09. The first-order valence-electron chi connectivity index (χ1n) is 5.76. The summed E-state index contributed by atoms with van der Waals surface area (Å²) in [6.07, 6.45) is 0.451. The summed E-state index contributed by atoms with van der Waals surface area (Å²) >= 11 is 0. The average molecular weight is 252 g/mol. The van der Waals surface area contributed by atoms with Crippen molar-refractivity contribution in [1.82, 2.24) is 0 Å². The molecule has 4 heteroatoms. The quantitative estimate of drug-likeness (QED) is 0.611. The van der Waals surface area contributed by atoms with Crippen molar-refractivity contribution in [3.05, 3.63) is 34.4 Å². The zero-order valence-electron chi connectivity index (χ0n) is 10.4. The Kier molecular flexibility index (Phi) is 3.50. The van der Waals surface area contributed by atoms with Gasteiger partial charge in [0.15, 0.2) is 0 Å². The molecule has 2 unspecified atom stereocenters. The number of hydrogen-bond acceptors (Lipinski definition) is 3. The Morgan fingerprint density at radius 3 is 2.35 bits per heavy atom. The van der Waals surface area contributed by atoms with Gasteiger partial charge in [0.2, 0.25) is 5.52 Å². The Bertz CT molecular complexity index is 466. The van der Waals surface area contributed by atoms with Gasteiger partial charge in [0.25, 0.3) is 0 Å². The second-order valence-corrected chi connectivity index (χ2v) is 6.39. The van der Waals surface area contributed by atoms with E-state index in [1.54, 1.807) is 0 Å². The van der Waals surface area contributed by atoms with Gasteiger partial charge in [-0.1, -0.05) is 17.7 Å². The van der Waals surface area contributed by atoms with Crippen molar-refractivity contribution in [3.8, 4) is 0 Å². The molecule has 2 atom stereocenters. The normalized spacial score (nSPS) is 20.1. The molecule has 1 aromatic rings. The van der Waals surface area contributed by atoms with Crippen LogP contribution in [0.4, 0.5) is 0 Å². The van der Waals surface area contributed by atoms with E-state index in [9.17, 15) is 9.36 Å². The molecule has 0 amide bonds. The van der Waals surface area contributed by atoms with E-state index in [0.29, 0.717) is 18.3 Å². The Labute approximate surface area is 102 Å². The Morgan fingerprint density at radius 1 is 1.35 bits per heavy atom. The van der Waals surface area contributed by atoms with Gasteiger partial charge in [-0.3, -0.25) is 4.79 Å². The van der Waals surface area contributed by atoms with E-state index in [0.717, 1.165) is 16.7 Å². The number of benzene rings is 1. The van der Waals surface area contributed by atoms with Crippen molar-refractivity contribution >= 4 is 13.3 Å². The summed E-state index contributed by atoms with van der Waals surface area (Å²) < 4.78 is 17.0. The van der Waals surface area contributed by atoms with Gasteiger partial charge >= 0.3 is 0 Å². The number of ether oxygens (including phenoxy) is 1. The smallest absolute Gasteiger partial charge is 0.219 e. The minimum atomic E-state index is -2.23. The van der Waals surface area contributed by atoms with Crippen LogP contribution in [0.2, 0.25) is 0 Å². The van der Waals surface area contributed by atoms with Gasteiger partial charge in [-0.05, 0) is 31.9 Å². The van der Waals surface area contributed by atoms with Crippen LogP contribution in [0, 0.1) is 20.8 Å². The fourth-order valence-corrected chi connectivity index (χ4v) is 3.67. The van der Waals surface area contributed by atoms with Crippen LogP contribution in [0.15, 0.2) is 12.1 Å². The summed E-state index contributed by atoms with van der Waals surface area (Å²) in [5.41, 5.74) is 3.41. The molecule has 92 valence electrons. The molecular weight excluding hydrogens is 235 g/mol. The molecule has 1 aliphatic heterocycles. The molecule has 0 aliphatic carbocycles. The highest BCUT2D eigenvalue weighted by Crippen LogP contribution is 2.34. The highest BCUT2D eigenvalue weighted by atomic mass is 31.1. The molecule has 0 aromatic heterocycles. The first-order chi connectivity index (χ1) is 7.99. The molecule has 0 saturated carbocycles. The van der Waals surface area contributed by atoms with Gasteiger partial charge in [0, 0.05) is 11.7 Å². The third-order valence-electron chi connectivity index (χ3n) is 2.97. The molecule has 0 bridgehead atoms. The van der Waals surface area contributed by atoms with Crippen molar-refractivity contribution in [2.24, 2.45) is 0 Å². The zero-order chi connectivity index (χ0) is 12.6. The van der Waals surface area contributed by atoms with Crippen LogP contribution < -0.4 is 0 Å². The molecule has 1 heterocycles. The van der Waals surface area contributed by atoms with Crippen LogP contribution in [-0.4, -0.2) is 24.4 Å². The molecule has 2 rings (SSSR count). The summed E-state index contributed by atoms with van der Waals surface area (Å²) in [6, 6.07) is 3.92. The van der Waals surface area contributed by atoms with Crippen LogP contribution in [-0.2, 0) is 9.30 Å². The van der Waals surface area contributed by atoms with Crippen LogP contribution in [0.5, 0.6) is 0 Å². The first-order valence-corrected chi connectivity index (χ1v) is 7.37. The van der Waals surface area contributed by atoms with E-state index in [-0.39, 0.29) is 11.6 Å². The van der Waals surface area contributed by atoms with Gasteiger partial charge in [0.05, 0.1) is 12.7 Å². The summed E-state index contributed by atoms with van der Waals surface area (Å²) in [5, 5.41) is 0. The molecule has 1 aromatic carbocycles. The molecule has 3 nitrogen and oxygen atoms in total. The zero-order valence-corrected chi connectivity index (χ0v) is 11.4. The van der Waals surface area contributed by atoms with Crippen LogP contribution in [0.25, 0.3) is 0 Å². The van der Waals surface area contributed by atoms with Gasteiger partial charge in [0.1, 0.15) is 7.80 Å². The predicted molar refractivity (Wildman–Crippen MR) is 68.6 cm³/mol. The molecule has 1 aliphatic rings. The van der Waals surface area contributed by atoms with Gasteiger partial charge in [-0.15, -0.1) is 0 Å². The number of carbonyl (C=O) groups is 1. The SMILES string of the molecule is Cc1cc(C)c(C(=O)[PH](=O)CC2CO2)c(C)c1. The van der Waals surface area contributed by atoms with Crippen LogP contribution in [0.3, 0.4) is 0 Å². The lowest BCUT2D eigenvalue weighted by molar-refractivity contribution is 0.107. The average Bonchev–Trinajstić information content (AvgIpc) is 2.99. The van der Waals surface area contributed by atoms with E-state index in [1.807, 2.05) is 32.9 Å². The first kappa shape index (κ1) is 12.5. The molecule has 0 radical (unpaired) electrons. The van der Waals surface area contributed by atoms with E-state index >= 15 is 0 Å². The monoisotopic (exact) mass is 252 g/mol. The second kappa shape index (κ2) is 4.75. The highest BCUT2D eigenvalue weighted by molar-refractivity contribution is 7.64. The lowest BCUT2D eigenvalue weighted by atomic mass is 10.0. The molecule has 0 N–H and O–H groups in total. The van der Waals surface area contributed by atoms with Crippen molar-refractivity contribution in [3.63, 3.8) is 0 Å². The fourth-order valence-electron chi connectivity index (χ4n) is 2.16. The van der Waals surface area contributed by atoms with E-state index in [4.69, 9.17) is 4.74 Å². The molecule has 0 spiro atoms. The number of rotatable bonds is 4. The summed E-state index contributed by atoms with van der Waals surface area (Å²) in [5.74, 6) is 0. The molecule has 1 fully saturated rings. The van der Waals surface area contributed by atoms with Crippen LogP contribution >= 0.6 is 7.80 Å². The van der Waals surface area contributed by atoms with E-state index in [2.05, 4.69) is 0 Å². The topological polar surface area (TPSA) is 46.7 Å². The number of aryl methyl sites for hydroxylation is 3. The fraction of sp³-hybridized carbons (Fsp3) is 0.462. The molecule has 1 saturated heterocycles. The Balaban J connectivity index is 2.26. The largest absolute Gasteiger partial charge is 0.373 e. The maximum Gasteiger partial charge on any atom is 0.219 e. The van der Waals surface area contributed by atoms with Crippen molar-refractivity contribution in [2.45, 2.75) is 26.9 Å². The number of epoxide rings is 1. The molecular formula is C13H17O3P. The third kappa shape index (κ3) is 2.85.